The third kappa shape index (κ3) is 2.57. The van der Waals surface area contributed by atoms with E-state index in [-0.39, 0.29) is 10.9 Å². The van der Waals surface area contributed by atoms with Crippen molar-refractivity contribution in [1.29, 1.82) is 0 Å². The molecule has 0 aromatic carbocycles. The van der Waals surface area contributed by atoms with Crippen molar-refractivity contribution in [3.8, 4) is 5.75 Å². The first-order chi connectivity index (χ1) is 7.27. The largest absolute Gasteiger partial charge is 0.495 e. The van der Waals surface area contributed by atoms with E-state index in [9.17, 15) is 17.2 Å². The number of nitrogens with two attached hydrogens (primary N) is 1. The van der Waals surface area contributed by atoms with Crippen LogP contribution in [0, 0.1) is 0 Å². The Bertz CT molecular complexity index is 507. The summed E-state index contributed by atoms with van der Waals surface area (Å²) in [5.74, 6) is -0.363. The van der Waals surface area contributed by atoms with Crippen molar-refractivity contribution >= 4 is 21.6 Å². The average molecular weight is 273 g/mol. The highest BCUT2D eigenvalue weighted by Crippen LogP contribution is 2.33. The Hall–Kier alpha value is -0.990. The summed E-state index contributed by atoms with van der Waals surface area (Å²) in [5.41, 5.74) is -1.02. The number of alkyl halides is 2. The average Bonchev–Trinajstić information content (AvgIpc) is 2.14. The van der Waals surface area contributed by atoms with Crippen molar-refractivity contribution in [2.24, 2.45) is 5.14 Å². The molecule has 1 aromatic rings. The zero-order chi connectivity index (χ0) is 12.5. The fourth-order valence-corrected chi connectivity index (χ4v) is 2.12. The number of methoxy groups -OCH3 is 1. The van der Waals surface area contributed by atoms with Gasteiger partial charge in [0, 0.05) is 6.07 Å². The highest BCUT2D eigenvalue weighted by atomic mass is 35.5. The van der Waals surface area contributed by atoms with E-state index >= 15 is 0 Å². The number of ether oxygens (including phenoxy) is 1. The molecule has 0 radical (unpaired) electrons. The van der Waals surface area contributed by atoms with Crippen LogP contribution in [0.1, 0.15) is 12.1 Å². The van der Waals surface area contributed by atoms with Crippen LogP contribution in [0.4, 0.5) is 8.78 Å². The molecule has 0 spiro atoms. The van der Waals surface area contributed by atoms with Gasteiger partial charge in [0.15, 0.2) is 4.90 Å². The summed E-state index contributed by atoms with van der Waals surface area (Å²) < 4.78 is 52.0. The number of sulfonamides is 1. The van der Waals surface area contributed by atoms with Crippen LogP contribution in [0.15, 0.2) is 11.0 Å². The number of nitrogens with zero attached hydrogens (tertiary/aromatic N) is 1. The molecule has 1 rings (SSSR count). The van der Waals surface area contributed by atoms with Crippen LogP contribution in [-0.4, -0.2) is 20.5 Å². The molecular weight excluding hydrogens is 266 g/mol. The van der Waals surface area contributed by atoms with Crippen molar-refractivity contribution in [3.63, 3.8) is 0 Å². The number of pyridine rings is 1. The summed E-state index contributed by atoms with van der Waals surface area (Å²) in [7, 11) is -3.26. The molecule has 1 aromatic heterocycles. The fourth-order valence-electron chi connectivity index (χ4n) is 1.08. The second kappa shape index (κ2) is 4.48. The Labute approximate surface area is 95.2 Å². The lowest BCUT2D eigenvalue weighted by Gasteiger charge is -2.11. The lowest BCUT2D eigenvalue weighted by atomic mass is 10.3. The summed E-state index contributed by atoms with van der Waals surface area (Å²) >= 11 is 5.43. The monoisotopic (exact) mass is 272 g/mol. The molecule has 16 heavy (non-hydrogen) atoms. The number of primary sulfonamides is 1. The quantitative estimate of drug-likeness (QED) is 0.842. The summed E-state index contributed by atoms with van der Waals surface area (Å²) in [6.45, 7) is 0. The second-order valence-electron chi connectivity index (χ2n) is 2.71. The smallest absolute Gasteiger partial charge is 0.281 e. The molecule has 2 N–H and O–H groups in total. The molecule has 0 atom stereocenters. The lowest BCUT2D eigenvalue weighted by molar-refractivity contribution is 0.141. The molecule has 0 saturated carbocycles. The Morgan fingerprint density at radius 3 is 2.50 bits per heavy atom. The molecule has 5 nitrogen and oxygen atoms in total. The minimum Gasteiger partial charge on any atom is -0.495 e. The van der Waals surface area contributed by atoms with Gasteiger partial charge in [-0.15, -0.1) is 0 Å². The van der Waals surface area contributed by atoms with Gasteiger partial charge in [-0.25, -0.2) is 27.3 Å². The van der Waals surface area contributed by atoms with Crippen molar-refractivity contribution in [3.05, 3.63) is 16.9 Å². The van der Waals surface area contributed by atoms with Crippen LogP contribution < -0.4 is 9.88 Å². The fraction of sp³-hybridized carbons (Fsp3) is 0.286. The van der Waals surface area contributed by atoms with Crippen LogP contribution in [0.3, 0.4) is 0 Å². The molecule has 0 aliphatic heterocycles. The van der Waals surface area contributed by atoms with Crippen molar-refractivity contribution in [2.45, 2.75) is 11.3 Å². The standard InChI is InChI=1S/C7H7ClF2N2O3S/c1-15-3-2-4(8)12-5(7(9)10)6(3)16(11,13)14/h2,7H,1H3,(H2,11,13,14). The third-order valence-electron chi connectivity index (χ3n) is 1.65. The van der Waals surface area contributed by atoms with Gasteiger partial charge in [-0.2, -0.15) is 0 Å². The maximum absolute atomic E-state index is 12.6. The van der Waals surface area contributed by atoms with Gasteiger partial charge in [-0.05, 0) is 0 Å². The molecule has 0 amide bonds. The second-order valence-corrected chi connectivity index (χ2v) is 4.59. The topological polar surface area (TPSA) is 82.3 Å². The summed E-state index contributed by atoms with van der Waals surface area (Å²) in [6.07, 6.45) is -3.12. The first-order valence-electron chi connectivity index (χ1n) is 3.82. The molecule has 0 saturated heterocycles. The van der Waals surface area contributed by atoms with Gasteiger partial charge in [0.2, 0.25) is 10.0 Å². The van der Waals surface area contributed by atoms with Gasteiger partial charge < -0.3 is 4.74 Å². The molecule has 0 aliphatic carbocycles. The molecule has 9 heteroatoms. The van der Waals surface area contributed by atoms with Crippen LogP contribution in [-0.2, 0) is 10.0 Å². The highest BCUT2D eigenvalue weighted by Gasteiger charge is 2.27. The lowest BCUT2D eigenvalue weighted by Crippen LogP contribution is -2.17. The maximum atomic E-state index is 12.6. The van der Waals surface area contributed by atoms with Crippen LogP contribution in [0.2, 0.25) is 5.15 Å². The minimum absolute atomic E-state index is 0.306. The predicted molar refractivity (Wildman–Crippen MR) is 52.1 cm³/mol. The van der Waals surface area contributed by atoms with E-state index in [0.29, 0.717) is 0 Å². The minimum atomic E-state index is -4.36. The van der Waals surface area contributed by atoms with Gasteiger partial charge >= 0.3 is 0 Å². The van der Waals surface area contributed by atoms with E-state index in [1.54, 1.807) is 0 Å². The molecule has 0 fully saturated rings. The third-order valence-corrected chi connectivity index (χ3v) is 2.82. The van der Waals surface area contributed by atoms with Crippen LogP contribution >= 0.6 is 11.6 Å². The normalized spacial score (nSPS) is 11.9. The molecule has 1 heterocycles. The predicted octanol–water partition coefficient (Wildman–Crippen LogP) is 1.33. The number of hydrogen-bond donors (Lipinski definition) is 1. The first kappa shape index (κ1) is 13.1. The Morgan fingerprint density at radius 2 is 2.12 bits per heavy atom. The van der Waals surface area contributed by atoms with E-state index in [1.807, 2.05) is 0 Å². The van der Waals surface area contributed by atoms with E-state index < -0.39 is 27.0 Å². The zero-order valence-electron chi connectivity index (χ0n) is 7.95. The first-order valence-corrected chi connectivity index (χ1v) is 5.75. The van der Waals surface area contributed by atoms with Gasteiger partial charge in [0.1, 0.15) is 16.6 Å². The van der Waals surface area contributed by atoms with E-state index in [1.165, 1.54) is 0 Å². The molecule has 0 aliphatic rings. The molecule has 0 bridgehead atoms. The van der Waals surface area contributed by atoms with Gasteiger partial charge in [0.05, 0.1) is 7.11 Å². The summed E-state index contributed by atoms with van der Waals surface area (Å²) in [6, 6.07) is 0.993. The molecule has 0 unspecified atom stereocenters. The summed E-state index contributed by atoms with van der Waals surface area (Å²) in [4.78, 5) is 2.37. The van der Waals surface area contributed by atoms with E-state index in [2.05, 4.69) is 9.72 Å². The van der Waals surface area contributed by atoms with E-state index in [4.69, 9.17) is 16.7 Å². The molecule has 90 valence electrons. The maximum Gasteiger partial charge on any atom is 0.281 e. The van der Waals surface area contributed by atoms with Gasteiger partial charge in [-0.3, -0.25) is 0 Å². The van der Waals surface area contributed by atoms with Crippen molar-refractivity contribution < 1.29 is 21.9 Å². The van der Waals surface area contributed by atoms with Gasteiger partial charge in [-0.1, -0.05) is 11.6 Å². The van der Waals surface area contributed by atoms with Crippen molar-refractivity contribution in [1.82, 2.24) is 4.98 Å². The Kier molecular flexibility index (Phi) is 3.66. The van der Waals surface area contributed by atoms with Crippen LogP contribution in [0.5, 0.6) is 5.75 Å². The van der Waals surface area contributed by atoms with E-state index in [0.717, 1.165) is 13.2 Å². The van der Waals surface area contributed by atoms with Gasteiger partial charge in [0.25, 0.3) is 6.43 Å². The number of hydrogen-bond acceptors (Lipinski definition) is 4. The Morgan fingerprint density at radius 1 is 1.56 bits per heavy atom. The van der Waals surface area contributed by atoms with Crippen LogP contribution in [0.25, 0.3) is 0 Å². The van der Waals surface area contributed by atoms with Crippen molar-refractivity contribution in [2.75, 3.05) is 7.11 Å². The molecular formula is C7H7ClF2N2O3S. The Balaban J connectivity index is 3.65. The number of rotatable bonds is 3. The number of halogens is 3. The SMILES string of the molecule is COc1cc(Cl)nc(C(F)F)c1S(N)(=O)=O. The zero-order valence-corrected chi connectivity index (χ0v) is 9.52. The highest BCUT2D eigenvalue weighted by molar-refractivity contribution is 7.89. The number of aromatic nitrogens is 1. The summed E-state index contributed by atoms with van der Waals surface area (Å²) in [5, 5.41) is 4.49.